The van der Waals surface area contributed by atoms with Gasteiger partial charge in [-0.25, -0.2) is 4.98 Å². The Morgan fingerprint density at radius 3 is 2.53 bits per heavy atom. The molecule has 7 nitrogen and oxygen atoms in total. The number of ketones is 1. The first kappa shape index (κ1) is 26.7. The van der Waals surface area contributed by atoms with Crippen LogP contribution in [-0.2, 0) is 11.3 Å². The molecule has 3 aromatic rings. The van der Waals surface area contributed by atoms with Crippen molar-refractivity contribution in [2.45, 2.75) is 57.9 Å². The maximum atomic E-state index is 12.9. The number of allylic oxidation sites excluding steroid dienone is 1. The second kappa shape index (κ2) is 12.7. The Bertz CT molecular complexity index is 1250. The summed E-state index contributed by atoms with van der Waals surface area (Å²) in [6, 6.07) is 14.6. The lowest BCUT2D eigenvalue weighted by molar-refractivity contribution is -0.124. The Morgan fingerprint density at radius 1 is 1.25 bits per heavy atom. The molecule has 0 radical (unpaired) electrons. The van der Waals surface area contributed by atoms with Crippen molar-refractivity contribution >= 4 is 29.1 Å². The fourth-order valence-electron chi connectivity index (χ4n) is 4.63. The van der Waals surface area contributed by atoms with Crippen molar-refractivity contribution in [3.05, 3.63) is 71.4 Å². The van der Waals surface area contributed by atoms with Crippen LogP contribution in [0.25, 0.3) is 11.0 Å². The van der Waals surface area contributed by atoms with Crippen molar-refractivity contribution < 1.29 is 9.59 Å². The Morgan fingerprint density at radius 2 is 1.94 bits per heavy atom. The molecular weight excluding hydrogens is 450 g/mol. The van der Waals surface area contributed by atoms with Crippen molar-refractivity contribution in [2.24, 2.45) is 11.7 Å². The van der Waals surface area contributed by atoms with Crippen molar-refractivity contribution in [1.29, 1.82) is 5.26 Å². The number of benzene rings is 2. The molecule has 0 saturated heterocycles. The molecule has 0 aliphatic heterocycles. The fourth-order valence-corrected chi connectivity index (χ4v) is 4.63. The quantitative estimate of drug-likeness (QED) is 0.404. The number of nitrogens with zero attached hydrogens (tertiary/aromatic N) is 3. The molecule has 0 bridgehead atoms. The number of nitrogens with two attached hydrogens (primary N) is 1. The van der Waals surface area contributed by atoms with Crippen LogP contribution in [0.5, 0.6) is 0 Å². The van der Waals surface area contributed by atoms with Gasteiger partial charge in [-0.15, -0.1) is 0 Å². The number of nitrogens with one attached hydrogen (secondary N) is 1. The lowest BCUT2D eigenvalue weighted by atomic mass is 9.80. The van der Waals surface area contributed by atoms with Gasteiger partial charge in [-0.05, 0) is 42.7 Å². The van der Waals surface area contributed by atoms with Gasteiger partial charge in [0.1, 0.15) is 12.1 Å². The summed E-state index contributed by atoms with van der Waals surface area (Å²) in [6.07, 6.45) is 7.19. The van der Waals surface area contributed by atoms with Gasteiger partial charge in [0.15, 0.2) is 0 Å². The Hall–Kier alpha value is -3.92. The molecule has 1 unspecified atom stereocenters. The van der Waals surface area contributed by atoms with Gasteiger partial charge in [-0.1, -0.05) is 51.0 Å². The average Bonchev–Trinajstić information content (AvgIpc) is 3.28. The molecule has 0 amide bonds. The number of fused-ring (bicyclic) bond motifs is 1. The smallest absolute Gasteiger partial charge is 0.203 e. The SMILES string of the molecule is C=C(N)CCn1c(NC)nc2cc(C(C)C(=O)C3CCCCC3)ccc21.N#Cc1ccc(C=O)cc1. The van der Waals surface area contributed by atoms with Crippen molar-refractivity contribution in [2.75, 3.05) is 12.4 Å². The van der Waals surface area contributed by atoms with Crippen molar-refractivity contribution in [3.8, 4) is 6.07 Å². The van der Waals surface area contributed by atoms with E-state index in [1.54, 1.807) is 24.3 Å². The molecule has 1 aliphatic rings. The van der Waals surface area contributed by atoms with E-state index < -0.39 is 0 Å². The summed E-state index contributed by atoms with van der Waals surface area (Å²) < 4.78 is 2.12. The molecule has 1 aliphatic carbocycles. The molecule has 1 fully saturated rings. The molecule has 188 valence electrons. The molecular formula is C29H35N5O2. The zero-order valence-corrected chi connectivity index (χ0v) is 21.2. The molecule has 1 saturated carbocycles. The van der Waals surface area contributed by atoms with E-state index in [2.05, 4.69) is 34.7 Å². The normalized spacial score (nSPS) is 14.2. The second-order valence-corrected chi connectivity index (χ2v) is 9.30. The topological polar surface area (TPSA) is 114 Å². The minimum absolute atomic E-state index is 0.0745. The zero-order chi connectivity index (χ0) is 26.1. The lowest BCUT2D eigenvalue weighted by Gasteiger charge is -2.23. The van der Waals surface area contributed by atoms with E-state index in [1.165, 1.54) is 19.3 Å². The minimum atomic E-state index is -0.0745. The summed E-state index contributed by atoms with van der Waals surface area (Å²) in [4.78, 5) is 27.7. The number of aryl methyl sites for hydroxylation is 1. The number of aromatic nitrogens is 2. The third kappa shape index (κ3) is 6.60. The molecule has 0 spiro atoms. The number of hydrogen-bond donors (Lipinski definition) is 2. The van der Waals surface area contributed by atoms with Crippen molar-refractivity contribution in [1.82, 2.24) is 9.55 Å². The summed E-state index contributed by atoms with van der Waals surface area (Å²) in [5.74, 6) is 1.35. The highest BCUT2D eigenvalue weighted by molar-refractivity contribution is 5.89. The molecule has 3 N–H and O–H groups in total. The largest absolute Gasteiger partial charge is 0.402 e. The fraction of sp³-hybridized carbons (Fsp3) is 0.379. The van der Waals surface area contributed by atoms with E-state index in [9.17, 15) is 9.59 Å². The highest BCUT2D eigenvalue weighted by Crippen LogP contribution is 2.31. The van der Waals surface area contributed by atoms with Crippen LogP contribution in [0.4, 0.5) is 5.95 Å². The number of carbonyl (C=O) groups excluding carboxylic acids is 2. The number of carbonyl (C=O) groups is 2. The molecule has 1 atom stereocenters. The van der Waals surface area contributed by atoms with Gasteiger partial charge >= 0.3 is 0 Å². The number of hydrogen-bond acceptors (Lipinski definition) is 6. The Kier molecular flexibility index (Phi) is 9.40. The Labute approximate surface area is 213 Å². The molecule has 36 heavy (non-hydrogen) atoms. The van der Waals surface area contributed by atoms with Gasteiger partial charge in [0, 0.05) is 43.1 Å². The average molecular weight is 486 g/mol. The van der Waals surface area contributed by atoms with E-state index in [4.69, 9.17) is 16.0 Å². The highest BCUT2D eigenvalue weighted by atomic mass is 16.1. The van der Waals surface area contributed by atoms with E-state index in [0.717, 1.165) is 48.2 Å². The first-order chi connectivity index (χ1) is 17.4. The van der Waals surface area contributed by atoms with Crippen LogP contribution in [-0.4, -0.2) is 28.7 Å². The third-order valence-corrected chi connectivity index (χ3v) is 6.76. The van der Waals surface area contributed by atoms with Gasteiger partial charge < -0.3 is 15.6 Å². The van der Waals surface area contributed by atoms with E-state index in [-0.39, 0.29) is 11.8 Å². The summed E-state index contributed by atoms with van der Waals surface area (Å²) >= 11 is 0. The molecule has 7 heteroatoms. The number of aldehydes is 1. The summed E-state index contributed by atoms with van der Waals surface area (Å²) in [6.45, 7) is 6.55. The number of nitriles is 1. The van der Waals surface area contributed by atoms with Crippen LogP contribution in [0.15, 0.2) is 54.7 Å². The molecule has 1 aromatic heterocycles. The van der Waals surface area contributed by atoms with Crippen LogP contribution in [0, 0.1) is 17.2 Å². The highest BCUT2D eigenvalue weighted by Gasteiger charge is 2.26. The Balaban J connectivity index is 0.000000303. The predicted octanol–water partition coefficient (Wildman–Crippen LogP) is 5.56. The molecule has 4 rings (SSSR count). The first-order valence-corrected chi connectivity index (χ1v) is 12.5. The van der Waals surface area contributed by atoms with E-state index >= 15 is 0 Å². The minimum Gasteiger partial charge on any atom is -0.402 e. The van der Waals surface area contributed by atoms with Crippen LogP contribution in [0.3, 0.4) is 0 Å². The van der Waals surface area contributed by atoms with Crippen LogP contribution in [0.1, 0.15) is 72.9 Å². The summed E-state index contributed by atoms with van der Waals surface area (Å²) in [5, 5.41) is 11.5. The van der Waals surface area contributed by atoms with Gasteiger partial charge in [-0.2, -0.15) is 5.26 Å². The maximum Gasteiger partial charge on any atom is 0.203 e. The number of Topliss-reactive ketones (excluding diaryl/α,β-unsaturated/α-hetero) is 1. The number of anilines is 1. The van der Waals surface area contributed by atoms with Gasteiger partial charge in [0.2, 0.25) is 5.95 Å². The number of rotatable bonds is 8. The first-order valence-electron chi connectivity index (χ1n) is 12.5. The van der Waals surface area contributed by atoms with Gasteiger partial charge in [0.25, 0.3) is 0 Å². The molecule has 1 heterocycles. The standard InChI is InChI=1S/C21H30N4O.C8H5NO/c1-14(22)11-12-25-19-10-9-17(13-18(19)24-21(25)23-3)15(2)20(26)16-7-5-4-6-8-16;9-5-7-1-3-8(6-10)4-2-7/h9-10,13,15-16H,1,4-8,11-12,22H2,2-3H3,(H,23,24);1-4,6H. The maximum absolute atomic E-state index is 12.9. The third-order valence-electron chi connectivity index (χ3n) is 6.76. The van der Waals surface area contributed by atoms with Crippen LogP contribution in [0.2, 0.25) is 0 Å². The lowest BCUT2D eigenvalue weighted by Crippen LogP contribution is -2.22. The summed E-state index contributed by atoms with van der Waals surface area (Å²) in [5.41, 5.74) is 10.6. The molecule has 2 aromatic carbocycles. The second-order valence-electron chi connectivity index (χ2n) is 9.30. The number of imidazole rings is 1. The van der Waals surface area contributed by atoms with Gasteiger partial charge in [0.05, 0.1) is 22.7 Å². The van der Waals surface area contributed by atoms with E-state index in [0.29, 0.717) is 29.0 Å². The van der Waals surface area contributed by atoms with Crippen molar-refractivity contribution in [3.63, 3.8) is 0 Å². The van der Waals surface area contributed by atoms with Gasteiger partial charge in [-0.3, -0.25) is 9.59 Å². The zero-order valence-electron chi connectivity index (χ0n) is 21.2. The predicted molar refractivity (Wildman–Crippen MR) is 144 cm³/mol. The van der Waals surface area contributed by atoms with E-state index in [1.807, 2.05) is 20.0 Å². The monoisotopic (exact) mass is 485 g/mol. The summed E-state index contributed by atoms with van der Waals surface area (Å²) in [7, 11) is 1.87. The van der Waals surface area contributed by atoms with Crippen LogP contribution >= 0.6 is 0 Å². The van der Waals surface area contributed by atoms with Crippen LogP contribution < -0.4 is 11.1 Å².